The molecule has 1 aromatic heterocycles. The number of hydrogen-bond donors (Lipinski definition) is 1. The molecule has 1 aliphatic heterocycles. The predicted molar refractivity (Wildman–Crippen MR) is 90.3 cm³/mol. The molecular weight excluding hydrogens is 294 g/mol. The Labute approximate surface area is 133 Å². The van der Waals surface area contributed by atoms with Crippen LogP contribution in [0.4, 0.5) is 10.5 Å². The Morgan fingerprint density at radius 1 is 1.27 bits per heavy atom. The molecule has 1 aliphatic carbocycles. The van der Waals surface area contributed by atoms with Crippen molar-refractivity contribution < 1.29 is 4.79 Å². The van der Waals surface area contributed by atoms with Crippen LogP contribution >= 0.6 is 11.3 Å². The highest BCUT2D eigenvalue weighted by Crippen LogP contribution is 2.33. The van der Waals surface area contributed by atoms with Crippen LogP contribution in [0.3, 0.4) is 0 Å². The van der Waals surface area contributed by atoms with Gasteiger partial charge in [-0.15, -0.1) is 11.3 Å². The topological polar surface area (TPSA) is 45.2 Å². The average Bonchev–Trinajstić information content (AvgIpc) is 3.08. The number of anilines is 1. The van der Waals surface area contributed by atoms with E-state index in [0.717, 1.165) is 46.8 Å². The summed E-state index contributed by atoms with van der Waals surface area (Å²) in [6.45, 7) is 3.75. The molecule has 2 aliphatic rings. The zero-order valence-electron chi connectivity index (χ0n) is 12.6. The molecule has 2 heterocycles. The number of nitrogens with zero attached hydrogens (tertiary/aromatic N) is 2. The van der Waals surface area contributed by atoms with Crippen LogP contribution in [0.15, 0.2) is 30.4 Å². The van der Waals surface area contributed by atoms with Gasteiger partial charge < -0.3 is 10.2 Å². The van der Waals surface area contributed by atoms with Crippen LogP contribution in [0.2, 0.25) is 0 Å². The summed E-state index contributed by atoms with van der Waals surface area (Å²) in [4.78, 5) is 18.9. The van der Waals surface area contributed by atoms with E-state index in [1.165, 1.54) is 0 Å². The van der Waals surface area contributed by atoms with Crippen LogP contribution in [0.5, 0.6) is 0 Å². The first-order chi connectivity index (χ1) is 10.7. The standard InChI is InChI=1S/C17H19N3OS/c1-11-18-15-8-14(6-7-16(15)22-11)19-17(21)20-9-12-4-2-3-5-13(12)10-20/h2-3,6-8,12-13H,4-5,9-10H2,1H3,(H,19,21)/t12-,13+. The second-order valence-electron chi connectivity index (χ2n) is 6.21. The van der Waals surface area contributed by atoms with Gasteiger partial charge in [-0.1, -0.05) is 12.2 Å². The van der Waals surface area contributed by atoms with Gasteiger partial charge in [-0.05, 0) is 49.8 Å². The monoisotopic (exact) mass is 313 g/mol. The second-order valence-corrected chi connectivity index (χ2v) is 7.45. The molecule has 4 nitrogen and oxygen atoms in total. The van der Waals surface area contributed by atoms with Crippen LogP contribution in [0.1, 0.15) is 17.8 Å². The molecule has 1 fully saturated rings. The van der Waals surface area contributed by atoms with Gasteiger partial charge >= 0.3 is 6.03 Å². The van der Waals surface area contributed by atoms with Crippen molar-refractivity contribution in [2.45, 2.75) is 19.8 Å². The molecule has 114 valence electrons. The number of likely N-dealkylation sites (tertiary alicyclic amines) is 1. The first-order valence-electron chi connectivity index (χ1n) is 7.77. The number of carbonyl (C=O) groups is 1. The smallest absolute Gasteiger partial charge is 0.321 e. The second kappa shape index (κ2) is 5.39. The maximum atomic E-state index is 12.5. The van der Waals surface area contributed by atoms with Gasteiger partial charge in [-0.25, -0.2) is 9.78 Å². The largest absolute Gasteiger partial charge is 0.324 e. The molecule has 1 saturated heterocycles. The van der Waals surface area contributed by atoms with Crippen molar-refractivity contribution >= 4 is 33.3 Å². The summed E-state index contributed by atoms with van der Waals surface area (Å²) < 4.78 is 1.16. The lowest BCUT2D eigenvalue weighted by Gasteiger charge is -2.17. The van der Waals surface area contributed by atoms with Gasteiger partial charge in [0.2, 0.25) is 0 Å². The predicted octanol–water partition coefficient (Wildman–Crippen LogP) is 4.03. The zero-order chi connectivity index (χ0) is 15.1. The fourth-order valence-corrected chi connectivity index (χ4v) is 4.31. The summed E-state index contributed by atoms with van der Waals surface area (Å²) in [7, 11) is 0. The van der Waals surface area contributed by atoms with Gasteiger partial charge in [-0.3, -0.25) is 0 Å². The molecule has 0 unspecified atom stereocenters. The van der Waals surface area contributed by atoms with E-state index in [1.807, 2.05) is 30.0 Å². The van der Waals surface area contributed by atoms with E-state index in [-0.39, 0.29) is 6.03 Å². The lowest BCUT2D eigenvalue weighted by Crippen LogP contribution is -2.33. The highest BCUT2D eigenvalue weighted by atomic mass is 32.1. The number of urea groups is 1. The number of allylic oxidation sites excluding steroid dienone is 2. The van der Waals surface area contributed by atoms with Crippen LogP contribution < -0.4 is 5.32 Å². The summed E-state index contributed by atoms with van der Waals surface area (Å²) in [5.41, 5.74) is 1.79. The van der Waals surface area contributed by atoms with Gasteiger partial charge in [0.1, 0.15) is 0 Å². The molecule has 22 heavy (non-hydrogen) atoms. The number of carbonyl (C=O) groups excluding carboxylic acids is 1. The molecule has 1 aromatic carbocycles. The number of aryl methyl sites for hydroxylation is 1. The lowest BCUT2D eigenvalue weighted by atomic mass is 9.86. The Morgan fingerprint density at radius 2 is 2.00 bits per heavy atom. The molecule has 2 aromatic rings. The summed E-state index contributed by atoms with van der Waals surface area (Å²) in [6.07, 6.45) is 6.72. The van der Waals surface area contributed by atoms with Gasteiger partial charge in [0.25, 0.3) is 0 Å². The Hall–Kier alpha value is -1.88. The third kappa shape index (κ3) is 2.50. The van der Waals surface area contributed by atoms with E-state index in [4.69, 9.17) is 0 Å². The van der Waals surface area contributed by atoms with Crippen LogP contribution in [0.25, 0.3) is 10.2 Å². The van der Waals surface area contributed by atoms with E-state index >= 15 is 0 Å². The zero-order valence-corrected chi connectivity index (χ0v) is 13.4. The first-order valence-corrected chi connectivity index (χ1v) is 8.59. The van der Waals surface area contributed by atoms with E-state index < -0.39 is 0 Å². The van der Waals surface area contributed by atoms with Gasteiger partial charge in [0.15, 0.2) is 0 Å². The number of amides is 2. The van der Waals surface area contributed by atoms with Crippen molar-refractivity contribution in [3.8, 4) is 0 Å². The molecule has 1 N–H and O–H groups in total. The minimum Gasteiger partial charge on any atom is -0.324 e. The number of aromatic nitrogens is 1. The summed E-state index contributed by atoms with van der Waals surface area (Å²) in [6, 6.07) is 5.97. The van der Waals surface area contributed by atoms with E-state index in [9.17, 15) is 4.79 Å². The number of rotatable bonds is 1. The highest BCUT2D eigenvalue weighted by Gasteiger charge is 2.35. The molecule has 2 atom stereocenters. The van der Waals surface area contributed by atoms with Crippen molar-refractivity contribution in [1.29, 1.82) is 0 Å². The Bertz CT molecular complexity index is 735. The van der Waals surface area contributed by atoms with Crippen molar-refractivity contribution in [2.75, 3.05) is 18.4 Å². The van der Waals surface area contributed by atoms with Crippen molar-refractivity contribution in [1.82, 2.24) is 9.88 Å². The van der Waals surface area contributed by atoms with E-state index in [0.29, 0.717) is 11.8 Å². The molecule has 0 spiro atoms. The summed E-state index contributed by atoms with van der Waals surface area (Å²) >= 11 is 1.68. The third-order valence-corrected chi connectivity index (χ3v) is 5.61. The Morgan fingerprint density at radius 3 is 2.73 bits per heavy atom. The van der Waals surface area contributed by atoms with Gasteiger partial charge in [0.05, 0.1) is 15.2 Å². The fraction of sp³-hybridized carbons (Fsp3) is 0.412. The molecule has 0 saturated carbocycles. The average molecular weight is 313 g/mol. The minimum atomic E-state index is 0.0145. The Kier molecular flexibility index (Phi) is 3.37. The number of hydrogen-bond acceptors (Lipinski definition) is 3. The van der Waals surface area contributed by atoms with Crippen LogP contribution in [0, 0.1) is 18.8 Å². The maximum Gasteiger partial charge on any atom is 0.321 e. The SMILES string of the molecule is Cc1nc2cc(NC(=O)N3C[C@H]4CC=CC[C@H]4C3)ccc2s1. The summed E-state index contributed by atoms with van der Waals surface area (Å²) in [5, 5.41) is 4.08. The molecule has 5 heteroatoms. The molecular formula is C17H19N3OS. The molecule has 0 bridgehead atoms. The maximum absolute atomic E-state index is 12.5. The number of benzene rings is 1. The van der Waals surface area contributed by atoms with Gasteiger partial charge in [-0.2, -0.15) is 0 Å². The summed E-state index contributed by atoms with van der Waals surface area (Å²) in [5.74, 6) is 1.28. The van der Waals surface area contributed by atoms with Crippen molar-refractivity contribution in [3.63, 3.8) is 0 Å². The van der Waals surface area contributed by atoms with Crippen molar-refractivity contribution in [2.24, 2.45) is 11.8 Å². The highest BCUT2D eigenvalue weighted by molar-refractivity contribution is 7.18. The van der Waals surface area contributed by atoms with E-state index in [1.54, 1.807) is 11.3 Å². The molecule has 0 radical (unpaired) electrons. The number of nitrogens with one attached hydrogen (secondary N) is 1. The first kappa shape index (κ1) is 13.8. The lowest BCUT2D eigenvalue weighted by molar-refractivity contribution is 0.220. The molecule has 2 amide bonds. The van der Waals surface area contributed by atoms with Gasteiger partial charge in [0, 0.05) is 18.8 Å². The molecule has 4 rings (SSSR count). The van der Waals surface area contributed by atoms with Crippen LogP contribution in [-0.2, 0) is 0 Å². The fourth-order valence-electron chi connectivity index (χ4n) is 3.50. The normalized spacial score (nSPS) is 23.8. The third-order valence-electron chi connectivity index (χ3n) is 4.65. The quantitative estimate of drug-likeness (QED) is 0.808. The number of thiazole rings is 1. The number of fused-ring (bicyclic) bond motifs is 2. The van der Waals surface area contributed by atoms with Crippen LogP contribution in [-0.4, -0.2) is 29.0 Å². The van der Waals surface area contributed by atoms with E-state index in [2.05, 4.69) is 22.5 Å². The van der Waals surface area contributed by atoms with Crippen molar-refractivity contribution in [3.05, 3.63) is 35.4 Å². The minimum absolute atomic E-state index is 0.0145. The Balaban J connectivity index is 1.46.